The number of methoxy groups -OCH3 is 2. The number of anilines is 2. The van der Waals surface area contributed by atoms with E-state index in [1.165, 1.54) is 44.6 Å². The van der Waals surface area contributed by atoms with Crippen LogP contribution in [0.3, 0.4) is 0 Å². The first-order chi connectivity index (χ1) is 18.3. The Morgan fingerprint density at radius 2 is 1.71 bits per heavy atom. The predicted octanol–water partition coefficient (Wildman–Crippen LogP) is 4.55. The molecule has 2 heterocycles. The Kier molecular flexibility index (Phi) is 7.95. The molecule has 1 amide bonds. The van der Waals surface area contributed by atoms with E-state index in [1.54, 1.807) is 18.5 Å². The van der Waals surface area contributed by atoms with Gasteiger partial charge >= 0.3 is 11.9 Å². The van der Waals surface area contributed by atoms with Gasteiger partial charge in [0.1, 0.15) is 5.69 Å². The van der Waals surface area contributed by atoms with Gasteiger partial charge in [0.2, 0.25) is 0 Å². The minimum Gasteiger partial charge on any atom is -0.465 e. The molecule has 11 nitrogen and oxygen atoms in total. The van der Waals surface area contributed by atoms with Crippen LogP contribution in [0.1, 0.15) is 61.9 Å². The summed E-state index contributed by atoms with van der Waals surface area (Å²) in [6.07, 6.45) is 6.14. The van der Waals surface area contributed by atoms with Crippen LogP contribution < -0.4 is 10.2 Å². The van der Waals surface area contributed by atoms with Crippen molar-refractivity contribution in [1.29, 1.82) is 0 Å². The van der Waals surface area contributed by atoms with Gasteiger partial charge in [0.05, 0.1) is 36.3 Å². The number of piperidine rings is 1. The van der Waals surface area contributed by atoms with Gasteiger partial charge in [-0.1, -0.05) is 6.07 Å². The molecule has 3 aromatic rings. The van der Waals surface area contributed by atoms with Gasteiger partial charge in [-0.05, 0) is 61.2 Å². The van der Waals surface area contributed by atoms with Gasteiger partial charge in [-0.3, -0.25) is 19.9 Å². The van der Waals surface area contributed by atoms with E-state index >= 15 is 0 Å². The zero-order chi connectivity index (χ0) is 27.2. The molecule has 1 aliphatic rings. The Balaban J connectivity index is 1.66. The smallest absolute Gasteiger partial charge is 0.337 e. The lowest BCUT2D eigenvalue weighted by Gasteiger charge is -2.37. The van der Waals surface area contributed by atoms with Crippen molar-refractivity contribution in [2.75, 3.05) is 31.0 Å². The molecule has 0 radical (unpaired) electrons. The van der Waals surface area contributed by atoms with Crippen LogP contribution in [0.5, 0.6) is 0 Å². The normalized spacial score (nSPS) is 14.9. The quantitative estimate of drug-likeness (QED) is 0.271. The van der Waals surface area contributed by atoms with Crippen LogP contribution in [-0.4, -0.2) is 48.5 Å². The molecule has 38 heavy (non-hydrogen) atoms. The number of hydrogen-bond acceptors (Lipinski definition) is 9. The highest BCUT2D eigenvalue weighted by Crippen LogP contribution is 2.39. The second-order valence-electron chi connectivity index (χ2n) is 8.69. The van der Waals surface area contributed by atoms with Crippen molar-refractivity contribution in [3.63, 3.8) is 0 Å². The van der Waals surface area contributed by atoms with E-state index in [4.69, 9.17) is 9.47 Å². The number of benzene rings is 2. The van der Waals surface area contributed by atoms with Gasteiger partial charge < -0.3 is 19.7 Å². The highest BCUT2D eigenvalue weighted by molar-refractivity contribution is 6.06. The average Bonchev–Trinajstić information content (AvgIpc) is 2.96. The van der Waals surface area contributed by atoms with Crippen LogP contribution in [-0.2, 0) is 9.47 Å². The fourth-order valence-corrected chi connectivity index (χ4v) is 4.57. The third-order valence-electron chi connectivity index (χ3n) is 6.35. The number of nitrogens with one attached hydrogen (secondary N) is 1. The molecule has 1 saturated heterocycles. The van der Waals surface area contributed by atoms with Gasteiger partial charge in [0, 0.05) is 36.3 Å². The molecule has 11 heteroatoms. The lowest BCUT2D eigenvalue weighted by atomic mass is 9.95. The van der Waals surface area contributed by atoms with Crippen molar-refractivity contribution >= 4 is 34.9 Å². The largest absolute Gasteiger partial charge is 0.465 e. The highest BCUT2D eigenvalue weighted by atomic mass is 16.6. The maximum absolute atomic E-state index is 13.1. The first-order valence-corrected chi connectivity index (χ1v) is 11.9. The number of nitro benzene ring substituents is 1. The van der Waals surface area contributed by atoms with E-state index in [0.717, 1.165) is 24.8 Å². The minimum absolute atomic E-state index is 0.0265. The van der Waals surface area contributed by atoms with Crippen LogP contribution in [0.4, 0.5) is 17.1 Å². The average molecular weight is 519 g/mol. The molecule has 0 bridgehead atoms. The van der Waals surface area contributed by atoms with E-state index in [0.29, 0.717) is 12.2 Å². The molecule has 1 aromatic heterocycles. The SMILES string of the molecule is COC(=O)c1cc(NC(=O)c2ccc(N3CCCC[C@@H]3c3cccnc3)c([N+](=O)[O-])c2)cc(C(=O)OC)c1. The van der Waals surface area contributed by atoms with Gasteiger partial charge in [0.15, 0.2) is 0 Å². The summed E-state index contributed by atoms with van der Waals surface area (Å²) in [7, 11) is 2.38. The zero-order valence-corrected chi connectivity index (χ0v) is 20.9. The van der Waals surface area contributed by atoms with Gasteiger partial charge in [0.25, 0.3) is 11.6 Å². The van der Waals surface area contributed by atoms with E-state index in [1.807, 2.05) is 17.0 Å². The lowest BCUT2D eigenvalue weighted by Crippen LogP contribution is -2.34. The summed E-state index contributed by atoms with van der Waals surface area (Å²) in [6, 6.07) is 12.0. The van der Waals surface area contributed by atoms with Crippen LogP contribution in [0.2, 0.25) is 0 Å². The molecule has 0 spiro atoms. The highest BCUT2D eigenvalue weighted by Gasteiger charge is 2.30. The monoisotopic (exact) mass is 518 g/mol. The van der Waals surface area contributed by atoms with Gasteiger partial charge in [-0.15, -0.1) is 0 Å². The van der Waals surface area contributed by atoms with Gasteiger partial charge in [-0.2, -0.15) is 0 Å². The Labute approximate surface area is 218 Å². The fourth-order valence-electron chi connectivity index (χ4n) is 4.57. The maximum Gasteiger partial charge on any atom is 0.337 e. The van der Waals surface area contributed by atoms with Crippen LogP contribution in [0, 0.1) is 10.1 Å². The van der Waals surface area contributed by atoms with Crippen molar-refractivity contribution in [1.82, 2.24) is 4.98 Å². The molecule has 1 aliphatic heterocycles. The number of aromatic nitrogens is 1. The first-order valence-electron chi connectivity index (χ1n) is 11.9. The molecule has 0 saturated carbocycles. The molecule has 4 rings (SSSR count). The van der Waals surface area contributed by atoms with Crippen molar-refractivity contribution in [2.45, 2.75) is 25.3 Å². The first kappa shape index (κ1) is 26.3. The number of nitrogens with zero attached hydrogens (tertiary/aromatic N) is 3. The van der Waals surface area contributed by atoms with Crippen LogP contribution in [0.25, 0.3) is 0 Å². The van der Waals surface area contributed by atoms with Crippen molar-refractivity contribution in [2.24, 2.45) is 0 Å². The van der Waals surface area contributed by atoms with Crippen molar-refractivity contribution in [3.8, 4) is 0 Å². The van der Waals surface area contributed by atoms with Crippen molar-refractivity contribution in [3.05, 3.63) is 93.3 Å². The number of ether oxygens (including phenoxy) is 2. The topological polar surface area (TPSA) is 141 Å². The molecule has 2 aromatic carbocycles. The zero-order valence-electron chi connectivity index (χ0n) is 20.9. The summed E-state index contributed by atoms with van der Waals surface area (Å²) in [4.78, 5) is 54.9. The number of hydrogen-bond donors (Lipinski definition) is 1. The Hall–Kier alpha value is -4.80. The molecular weight excluding hydrogens is 492 g/mol. The second-order valence-corrected chi connectivity index (χ2v) is 8.69. The lowest BCUT2D eigenvalue weighted by molar-refractivity contribution is -0.384. The minimum atomic E-state index is -0.712. The molecule has 1 fully saturated rings. The van der Waals surface area contributed by atoms with E-state index in [-0.39, 0.29) is 34.1 Å². The van der Waals surface area contributed by atoms with E-state index in [9.17, 15) is 24.5 Å². The maximum atomic E-state index is 13.1. The Morgan fingerprint density at radius 3 is 2.32 bits per heavy atom. The summed E-state index contributed by atoms with van der Waals surface area (Å²) in [5, 5.41) is 14.7. The molecule has 196 valence electrons. The Morgan fingerprint density at radius 1 is 1.00 bits per heavy atom. The summed E-state index contributed by atoms with van der Waals surface area (Å²) in [6.45, 7) is 0.628. The number of nitro groups is 1. The second kappa shape index (κ2) is 11.5. The van der Waals surface area contributed by atoms with Crippen molar-refractivity contribution < 1.29 is 28.8 Å². The van der Waals surface area contributed by atoms with Gasteiger partial charge in [-0.25, -0.2) is 9.59 Å². The van der Waals surface area contributed by atoms with E-state index in [2.05, 4.69) is 10.3 Å². The van der Waals surface area contributed by atoms with Crippen LogP contribution >= 0.6 is 0 Å². The summed E-state index contributed by atoms with van der Waals surface area (Å²) in [5.41, 5.74) is 1.40. The third kappa shape index (κ3) is 5.61. The fraction of sp³-hybridized carbons (Fsp3) is 0.259. The van der Waals surface area contributed by atoms with E-state index < -0.39 is 22.8 Å². The predicted molar refractivity (Wildman–Crippen MR) is 138 cm³/mol. The molecule has 0 unspecified atom stereocenters. The molecule has 0 aliphatic carbocycles. The summed E-state index contributed by atoms with van der Waals surface area (Å²) in [5.74, 6) is -2.08. The standard InChI is InChI=1S/C27H26N4O7/c1-37-26(33)19-12-20(27(34)38-2)14-21(13-19)29-25(32)17-8-9-23(24(15-17)31(35)36)30-11-4-3-7-22(30)18-6-5-10-28-16-18/h5-6,8-10,12-16,22H,3-4,7,11H2,1-2H3,(H,29,32)/t22-/m1/s1. The molecular formula is C27H26N4O7. The number of carbonyl (C=O) groups excluding carboxylic acids is 3. The van der Waals surface area contributed by atoms with Crippen LogP contribution in [0.15, 0.2) is 60.9 Å². The number of esters is 2. The summed E-state index contributed by atoms with van der Waals surface area (Å²) < 4.78 is 9.43. The molecule has 1 atom stereocenters. The Bertz CT molecular complexity index is 1340. The number of carbonyl (C=O) groups is 3. The number of amides is 1. The summed E-state index contributed by atoms with van der Waals surface area (Å²) >= 11 is 0. The number of pyridine rings is 1. The number of rotatable bonds is 7. The third-order valence-corrected chi connectivity index (χ3v) is 6.35. The molecule has 1 N–H and O–H groups in total.